The monoisotopic (exact) mass is 384 g/mol. The van der Waals surface area contributed by atoms with E-state index in [0.717, 1.165) is 29.1 Å². The molecule has 0 fully saturated rings. The standard InChI is InChI=1S/C19H21ClN6O/c1-3-16-23-24-18-13(5-4-10-26(16)18)19(27)21-9-8-17-22-14-7-6-12(20)11-15(14)25(17)2/h4-7,10-11,19,21,27H,3,8-9H2,1-2H3. The van der Waals surface area contributed by atoms with E-state index in [-0.39, 0.29) is 0 Å². The van der Waals surface area contributed by atoms with Crippen LogP contribution >= 0.6 is 11.6 Å². The summed E-state index contributed by atoms with van der Waals surface area (Å²) >= 11 is 6.07. The van der Waals surface area contributed by atoms with Gasteiger partial charge in [0.15, 0.2) is 5.65 Å². The van der Waals surface area contributed by atoms with Gasteiger partial charge in [-0.25, -0.2) is 4.98 Å². The number of halogens is 1. The number of hydrogen-bond donors (Lipinski definition) is 2. The molecule has 0 spiro atoms. The molecule has 4 aromatic rings. The summed E-state index contributed by atoms with van der Waals surface area (Å²) < 4.78 is 3.94. The molecule has 0 aliphatic carbocycles. The van der Waals surface area contributed by atoms with E-state index in [1.165, 1.54) is 0 Å². The minimum Gasteiger partial charge on any atom is -0.374 e. The topological polar surface area (TPSA) is 80.3 Å². The van der Waals surface area contributed by atoms with Crippen molar-refractivity contribution in [3.05, 3.63) is 58.8 Å². The normalized spacial score (nSPS) is 12.9. The number of nitrogens with zero attached hydrogens (tertiary/aromatic N) is 5. The lowest BCUT2D eigenvalue weighted by Crippen LogP contribution is -2.24. The number of nitrogens with one attached hydrogen (secondary N) is 1. The van der Waals surface area contributed by atoms with Gasteiger partial charge >= 0.3 is 0 Å². The molecule has 1 aromatic carbocycles. The van der Waals surface area contributed by atoms with Gasteiger partial charge in [0.05, 0.1) is 11.0 Å². The molecule has 0 radical (unpaired) electrons. The number of fused-ring (bicyclic) bond motifs is 2. The minimum atomic E-state index is -0.827. The molecule has 0 saturated heterocycles. The van der Waals surface area contributed by atoms with Crippen LogP contribution in [0.5, 0.6) is 0 Å². The Kier molecular flexibility index (Phi) is 4.82. The Morgan fingerprint density at radius 3 is 2.89 bits per heavy atom. The molecule has 0 amide bonds. The van der Waals surface area contributed by atoms with E-state index >= 15 is 0 Å². The molecule has 8 heteroatoms. The number of aromatic nitrogens is 5. The van der Waals surface area contributed by atoms with Gasteiger partial charge in [-0.15, -0.1) is 10.2 Å². The fourth-order valence-electron chi connectivity index (χ4n) is 3.31. The number of aliphatic hydroxyl groups is 1. The summed E-state index contributed by atoms with van der Waals surface area (Å²) in [7, 11) is 1.97. The van der Waals surface area contributed by atoms with Crippen LogP contribution in [-0.2, 0) is 19.9 Å². The number of imidazole rings is 1. The second-order valence-electron chi connectivity index (χ2n) is 6.45. The van der Waals surface area contributed by atoms with Gasteiger partial charge in [0, 0.05) is 43.2 Å². The Labute approximate surface area is 161 Å². The van der Waals surface area contributed by atoms with Gasteiger partial charge in [-0.3, -0.25) is 9.72 Å². The molecule has 0 saturated carbocycles. The lowest BCUT2D eigenvalue weighted by Gasteiger charge is -2.13. The maximum atomic E-state index is 10.6. The maximum absolute atomic E-state index is 10.6. The molecule has 1 unspecified atom stereocenters. The van der Waals surface area contributed by atoms with Crippen molar-refractivity contribution >= 4 is 28.3 Å². The van der Waals surface area contributed by atoms with Crippen molar-refractivity contribution in [2.45, 2.75) is 26.0 Å². The minimum absolute atomic E-state index is 0.571. The van der Waals surface area contributed by atoms with Crippen LogP contribution in [0.3, 0.4) is 0 Å². The molecule has 2 N–H and O–H groups in total. The van der Waals surface area contributed by atoms with Crippen molar-refractivity contribution in [2.24, 2.45) is 7.05 Å². The lowest BCUT2D eigenvalue weighted by atomic mass is 10.2. The SMILES string of the molecule is CCc1nnc2c(C(O)NCCc3nc4ccc(Cl)cc4n3C)cccn12. The molecule has 0 aliphatic rings. The smallest absolute Gasteiger partial charge is 0.168 e. The third-order valence-corrected chi connectivity index (χ3v) is 5.00. The Morgan fingerprint density at radius 2 is 2.07 bits per heavy atom. The molecule has 3 aromatic heterocycles. The molecule has 4 rings (SSSR count). The first-order valence-electron chi connectivity index (χ1n) is 8.93. The number of aliphatic hydroxyl groups excluding tert-OH is 1. The molecule has 1 atom stereocenters. The largest absolute Gasteiger partial charge is 0.374 e. The average Bonchev–Trinajstić information content (AvgIpc) is 3.23. The fourth-order valence-corrected chi connectivity index (χ4v) is 3.47. The molecular formula is C19H21ClN6O. The van der Waals surface area contributed by atoms with Crippen LogP contribution in [0.4, 0.5) is 0 Å². The summed E-state index contributed by atoms with van der Waals surface area (Å²) in [5.41, 5.74) is 3.30. The summed E-state index contributed by atoms with van der Waals surface area (Å²) in [5.74, 6) is 1.80. The van der Waals surface area contributed by atoms with Gasteiger partial charge in [-0.2, -0.15) is 0 Å². The summed E-state index contributed by atoms with van der Waals surface area (Å²) in [6, 6.07) is 9.42. The highest BCUT2D eigenvalue weighted by atomic mass is 35.5. The molecule has 0 bridgehead atoms. The highest BCUT2D eigenvalue weighted by molar-refractivity contribution is 6.31. The fraction of sp³-hybridized carbons (Fsp3) is 0.316. The predicted octanol–water partition coefficient (Wildman–Crippen LogP) is 2.66. The van der Waals surface area contributed by atoms with Crippen molar-refractivity contribution in [2.75, 3.05) is 6.54 Å². The molecular weight excluding hydrogens is 364 g/mol. The van der Waals surface area contributed by atoms with Crippen molar-refractivity contribution in [1.29, 1.82) is 0 Å². The van der Waals surface area contributed by atoms with Crippen molar-refractivity contribution < 1.29 is 5.11 Å². The van der Waals surface area contributed by atoms with Crippen LogP contribution < -0.4 is 5.32 Å². The van der Waals surface area contributed by atoms with Gasteiger partial charge in [-0.05, 0) is 30.3 Å². The molecule has 3 heterocycles. The maximum Gasteiger partial charge on any atom is 0.168 e. The molecule has 7 nitrogen and oxygen atoms in total. The van der Waals surface area contributed by atoms with E-state index in [1.807, 2.05) is 59.5 Å². The van der Waals surface area contributed by atoms with E-state index in [9.17, 15) is 5.11 Å². The van der Waals surface area contributed by atoms with Gasteiger partial charge in [0.2, 0.25) is 0 Å². The molecule has 0 aliphatic heterocycles. The van der Waals surface area contributed by atoms with Crippen LogP contribution in [0.2, 0.25) is 5.02 Å². The second-order valence-corrected chi connectivity index (χ2v) is 6.89. The van der Waals surface area contributed by atoms with Crippen LogP contribution in [0.15, 0.2) is 36.5 Å². The van der Waals surface area contributed by atoms with Gasteiger partial charge in [-0.1, -0.05) is 18.5 Å². The number of hydrogen-bond acceptors (Lipinski definition) is 5. The van der Waals surface area contributed by atoms with Crippen molar-refractivity contribution in [3.8, 4) is 0 Å². The third-order valence-electron chi connectivity index (χ3n) is 4.77. The van der Waals surface area contributed by atoms with Gasteiger partial charge < -0.3 is 9.67 Å². The van der Waals surface area contributed by atoms with Crippen LogP contribution in [0, 0.1) is 0 Å². The van der Waals surface area contributed by atoms with E-state index in [1.54, 1.807) is 0 Å². The predicted molar refractivity (Wildman–Crippen MR) is 105 cm³/mol. The van der Waals surface area contributed by atoms with Crippen molar-refractivity contribution in [1.82, 2.24) is 29.5 Å². The van der Waals surface area contributed by atoms with E-state index in [2.05, 4.69) is 20.5 Å². The highest BCUT2D eigenvalue weighted by Crippen LogP contribution is 2.20. The summed E-state index contributed by atoms with van der Waals surface area (Å²) in [4.78, 5) is 4.64. The van der Waals surface area contributed by atoms with Gasteiger partial charge in [0.1, 0.15) is 17.9 Å². The van der Waals surface area contributed by atoms with Crippen molar-refractivity contribution in [3.63, 3.8) is 0 Å². The van der Waals surface area contributed by atoms with Crippen LogP contribution in [0.25, 0.3) is 16.7 Å². The molecule has 27 heavy (non-hydrogen) atoms. The zero-order chi connectivity index (χ0) is 19.0. The summed E-state index contributed by atoms with van der Waals surface area (Å²) in [5, 5.41) is 22.8. The van der Waals surface area contributed by atoms with E-state index in [0.29, 0.717) is 29.2 Å². The first-order chi connectivity index (χ1) is 13.1. The average molecular weight is 385 g/mol. The highest BCUT2D eigenvalue weighted by Gasteiger charge is 2.15. The Morgan fingerprint density at radius 1 is 1.22 bits per heavy atom. The zero-order valence-corrected chi connectivity index (χ0v) is 16.0. The van der Waals surface area contributed by atoms with Crippen LogP contribution in [0.1, 0.15) is 30.4 Å². The Bertz CT molecular complexity index is 1100. The van der Waals surface area contributed by atoms with Crippen LogP contribution in [-0.4, -0.2) is 35.8 Å². The van der Waals surface area contributed by atoms with Gasteiger partial charge in [0.25, 0.3) is 0 Å². The third kappa shape index (κ3) is 3.29. The summed E-state index contributed by atoms with van der Waals surface area (Å²) in [6.07, 6.45) is 2.54. The second kappa shape index (κ2) is 7.26. The number of pyridine rings is 1. The Balaban J connectivity index is 1.48. The molecule has 140 valence electrons. The first-order valence-corrected chi connectivity index (χ1v) is 9.31. The van der Waals surface area contributed by atoms with E-state index in [4.69, 9.17) is 11.6 Å². The number of aryl methyl sites for hydroxylation is 2. The number of rotatable bonds is 6. The summed E-state index contributed by atoms with van der Waals surface area (Å²) in [6.45, 7) is 2.60. The first kappa shape index (κ1) is 17.9. The Hall–Kier alpha value is -2.48. The quantitative estimate of drug-likeness (QED) is 0.499. The van der Waals surface area contributed by atoms with E-state index < -0.39 is 6.23 Å². The zero-order valence-electron chi connectivity index (χ0n) is 15.2. The number of benzene rings is 1. The lowest BCUT2D eigenvalue weighted by molar-refractivity contribution is 0.140.